The molecule has 1 unspecified atom stereocenters. The Morgan fingerprint density at radius 2 is 2.33 bits per heavy atom. The van der Waals surface area contributed by atoms with Crippen LogP contribution in [0.5, 0.6) is 0 Å². The number of nitrogens with two attached hydrogens (primary N) is 1. The molecule has 4 heteroatoms. The van der Waals surface area contributed by atoms with Crippen LogP contribution in [0.1, 0.15) is 12.0 Å². The Balaban J connectivity index is 2.25. The summed E-state index contributed by atoms with van der Waals surface area (Å²) in [5.74, 6) is 0.143. The van der Waals surface area contributed by atoms with Crippen LogP contribution in [0.3, 0.4) is 0 Å². The van der Waals surface area contributed by atoms with Crippen LogP contribution in [-0.2, 0) is 11.3 Å². The molecule has 1 aliphatic rings. The van der Waals surface area contributed by atoms with E-state index in [2.05, 4.69) is 12.6 Å². The fourth-order valence-corrected chi connectivity index (χ4v) is 2.11. The van der Waals surface area contributed by atoms with E-state index in [0.717, 1.165) is 11.3 Å². The molecule has 1 aliphatic heterocycles. The highest BCUT2D eigenvalue weighted by Gasteiger charge is 2.28. The lowest BCUT2D eigenvalue weighted by molar-refractivity contribution is -0.117. The molecule has 1 aromatic carbocycles. The number of anilines is 1. The van der Waals surface area contributed by atoms with E-state index in [4.69, 9.17) is 5.73 Å². The number of carbonyl (C=O) groups excluding carboxylic acids is 1. The molecule has 15 heavy (non-hydrogen) atoms. The zero-order chi connectivity index (χ0) is 10.8. The van der Waals surface area contributed by atoms with Gasteiger partial charge in [-0.1, -0.05) is 12.1 Å². The van der Waals surface area contributed by atoms with Gasteiger partial charge in [-0.3, -0.25) is 4.79 Å². The monoisotopic (exact) mass is 222 g/mol. The van der Waals surface area contributed by atoms with Crippen molar-refractivity contribution in [1.29, 1.82) is 0 Å². The molecule has 80 valence electrons. The zero-order valence-electron chi connectivity index (χ0n) is 8.39. The highest BCUT2D eigenvalue weighted by molar-refractivity contribution is 7.81. The molecule has 0 aliphatic carbocycles. The van der Waals surface area contributed by atoms with E-state index in [0.29, 0.717) is 19.5 Å². The van der Waals surface area contributed by atoms with Gasteiger partial charge >= 0.3 is 0 Å². The minimum atomic E-state index is 0.143. The van der Waals surface area contributed by atoms with Crippen molar-refractivity contribution in [1.82, 2.24) is 0 Å². The second-order valence-corrected chi connectivity index (χ2v) is 4.47. The number of rotatable bonds is 2. The van der Waals surface area contributed by atoms with Gasteiger partial charge in [-0.25, -0.2) is 0 Å². The van der Waals surface area contributed by atoms with Gasteiger partial charge in [-0.05, 0) is 17.7 Å². The summed E-state index contributed by atoms with van der Waals surface area (Å²) in [6.45, 7) is 1.19. The molecule has 2 N–H and O–H groups in total. The Bertz CT molecular complexity index is 381. The topological polar surface area (TPSA) is 46.3 Å². The number of nitrogens with zero attached hydrogens (tertiary/aromatic N) is 1. The van der Waals surface area contributed by atoms with Gasteiger partial charge in [-0.2, -0.15) is 12.6 Å². The third-order valence-corrected chi connectivity index (χ3v) is 2.91. The molecule has 0 aromatic heterocycles. The van der Waals surface area contributed by atoms with Crippen molar-refractivity contribution < 1.29 is 4.79 Å². The normalized spacial score (nSPS) is 21.1. The largest absolute Gasteiger partial charge is 0.326 e. The first-order chi connectivity index (χ1) is 7.20. The molecule has 1 amide bonds. The van der Waals surface area contributed by atoms with E-state index in [9.17, 15) is 4.79 Å². The smallest absolute Gasteiger partial charge is 0.228 e. The summed E-state index contributed by atoms with van der Waals surface area (Å²) in [5, 5.41) is 0.152. The van der Waals surface area contributed by atoms with Crippen LogP contribution >= 0.6 is 12.6 Å². The fraction of sp³-hybridized carbons (Fsp3) is 0.364. The summed E-state index contributed by atoms with van der Waals surface area (Å²) >= 11 is 4.32. The third kappa shape index (κ3) is 2.16. The van der Waals surface area contributed by atoms with Crippen LogP contribution in [0.15, 0.2) is 24.3 Å². The third-order valence-electron chi connectivity index (χ3n) is 2.56. The maximum atomic E-state index is 11.6. The van der Waals surface area contributed by atoms with Crippen molar-refractivity contribution in [3.8, 4) is 0 Å². The Hall–Kier alpha value is -1.00. The molecule has 0 bridgehead atoms. The van der Waals surface area contributed by atoms with Gasteiger partial charge in [-0.15, -0.1) is 0 Å². The first-order valence-electron chi connectivity index (χ1n) is 4.98. The lowest BCUT2D eigenvalue weighted by Gasteiger charge is -2.16. The second kappa shape index (κ2) is 4.24. The van der Waals surface area contributed by atoms with E-state index >= 15 is 0 Å². The van der Waals surface area contributed by atoms with Crippen molar-refractivity contribution >= 4 is 24.2 Å². The average Bonchev–Trinajstić information content (AvgIpc) is 2.58. The molecule has 1 fully saturated rings. The average molecular weight is 222 g/mol. The molecule has 0 saturated carbocycles. The Morgan fingerprint density at radius 1 is 1.53 bits per heavy atom. The quantitative estimate of drug-likeness (QED) is 0.738. The Labute approximate surface area is 94.7 Å². The molecular weight excluding hydrogens is 208 g/mol. The van der Waals surface area contributed by atoms with Crippen molar-refractivity contribution in [3.05, 3.63) is 29.8 Å². The minimum absolute atomic E-state index is 0.143. The summed E-state index contributed by atoms with van der Waals surface area (Å²) in [5.41, 5.74) is 7.54. The summed E-state index contributed by atoms with van der Waals surface area (Å²) < 4.78 is 0. The Morgan fingerprint density at radius 3 is 2.93 bits per heavy atom. The van der Waals surface area contributed by atoms with Gasteiger partial charge < -0.3 is 10.6 Å². The number of thiol groups is 1. The SMILES string of the molecule is NCc1cccc(N2CC(S)CC2=O)c1. The summed E-state index contributed by atoms with van der Waals surface area (Å²) in [7, 11) is 0. The molecule has 0 spiro atoms. The van der Waals surface area contributed by atoms with Gasteiger partial charge in [0.25, 0.3) is 0 Å². The highest BCUT2D eigenvalue weighted by Crippen LogP contribution is 2.24. The van der Waals surface area contributed by atoms with Crippen molar-refractivity contribution in [3.63, 3.8) is 0 Å². The lowest BCUT2D eigenvalue weighted by atomic mass is 10.2. The van der Waals surface area contributed by atoms with Gasteiger partial charge in [0.05, 0.1) is 0 Å². The van der Waals surface area contributed by atoms with Gasteiger partial charge in [0.15, 0.2) is 0 Å². The molecule has 3 nitrogen and oxygen atoms in total. The molecule has 1 aromatic rings. The minimum Gasteiger partial charge on any atom is -0.326 e. The van der Waals surface area contributed by atoms with Gasteiger partial charge in [0.1, 0.15) is 0 Å². The van der Waals surface area contributed by atoms with Crippen LogP contribution < -0.4 is 10.6 Å². The first-order valence-corrected chi connectivity index (χ1v) is 5.50. The van der Waals surface area contributed by atoms with E-state index in [1.807, 2.05) is 24.3 Å². The van der Waals surface area contributed by atoms with Crippen molar-refractivity contribution in [2.75, 3.05) is 11.4 Å². The molecule has 1 heterocycles. The Kier molecular flexibility index (Phi) is 2.98. The predicted octanol–water partition coefficient (Wildman–Crippen LogP) is 1.18. The molecule has 1 atom stereocenters. The summed E-state index contributed by atoms with van der Waals surface area (Å²) in [6, 6.07) is 7.78. The summed E-state index contributed by atoms with van der Waals surface area (Å²) in [6.07, 6.45) is 0.524. The van der Waals surface area contributed by atoms with Crippen LogP contribution in [0.25, 0.3) is 0 Å². The van der Waals surface area contributed by atoms with Crippen LogP contribution in [0.2, 0.25) is 0 Å². The maximum absolute atomic E-state index is 11.6. The first kappa shape index (κ1) is 10.5. The molecule has 2 rings (SSSR count). The fourth-order valence-electron chi connectivity index (χ4n) is 1.79. The number of amides is 1. The van der Waals surface area contributed by atoms with Crippen LogP contribution in [0, 0.1) is 0 Å². The predicted molar refractivity (Wildman–Crippen MR) is 64.1 cm³/mol. The number of carbonyl (C=O) groups is 1. The van der Waals surface area contributed by atoms with E-state index in [1.54, 1.807) is 4.90 Å². The number of benzene rings is 1. The second-order valence-electron chi connectivity index (χ2n) is 3.74. The van der Waals surface area contributed by atoms with Gasteiger partial charge in [0, 0.05) is 30.4 Å². The van der Waals surface area contributed by atoms with Crippen molar-refractivity contribution in [2.24, 2.45) is 5.73 Å². The standard InChI is InChI=1S/C11H14N2OS/c12-6-8-2-1-3-9(4-8)13-7-10(15)5-11(13)14/h1-4,10,15H,5-7,12H2. The van der Waals surface area contributed by atoms with Crippen LogP contribution in [0.4, 0.5) is 5.69 Å². The molecule has 1 saturated heterocycles. The molecule has 0 radical (unpaired) electrons. The van der Waals surface area contributed by atoms with Gasteiger partial charge in [0.2, 0.25) is 5.91 Å². The van der Waals surface area contributed by atoms with E-state index < -0.39 is 0 Å². The van der Waals surface area contributed by atoms with E-state index in [-0.39, 0.29) is 11.2 Å². The summed E-state index contributed by atoms with van der Waals surface area (Å²) in [4.78, 5) is 13.4. The maximum Gasteiger partial charge on any atom is 0.228 e. The van der Waals surface area contributed by atoms with E-state index in [1.165, 1.54) is 0 Å². The molecular formula is C11H14N2OS. The number of hydrogen-bond acceptors (Lipinski definition) is 3. The number of hydrogen-bond donors (Lipinski definition) is 2. The van der Waals surface area contributed by atoms with Crippen LogP contribution in [-0.4, -0.2) is 17.7 Å². The zero-order valence-corrected chi connectivity index (χ0v) is 9.28. The lowest BCUT2D eigenvalue weighted by Crippen LogP contribution is -2.24. The highest BCUT2D eigenvalue weighted by atomic mass is 32.1. The van der Waals surface area contributed by atoms with Crippen molar-refractivity contribution in [2.45, 2.75) is 18.2 Å².